The van der Waals surface area contributed by atoms with Crippen LogP contribution in [0.5, 0.6) is 5.75 Å². The molecule has 2 aliphatic rings. The van der Waals surface area contributed by atoms with Gasteiger partial charge in [0, 0.05) is 0 Å². The SMILES string of the molecule is CCOC(=O)C1=NN(c2ccc(C)cc2)[C@H]2C(=O)N(c3ccc(OCC)cc3)C(=O)[C@H]12. The molecule has 0 saturated carbocycles. The van der Waals surface area contributed by atoms with E-state index < -0.39 is 29.7 Å². The summed E-state index contributed by atoms with van der Waals surface area (Å²) in [5.74, 6) is -2.02. The van der Waals surface area contributed by atoms with Crippen molar-refractivity contribution in [2.75, 3.05) is 23.1 Å². The van der Waals surface area contributed by atoms with Crippen LogP contribution in [0.2, 0.25) is 0 Å². The predicted molar refractivity (Wildman–Crippen MR) is 115 cm³/mol. The molecule has 2 aliphatic heterocycles. The molecule has 31 heavy (non-hydrogen) atoms. The lowest BCUT2D eigenvalue weighted by molar-refractivity contribution is -0.136. The maximum atomic E-state index is 13.4. The summed E-state index contributed by atoms with van der Waals surface area (Å²) >= 11 is 0. The zero-order valence-electron chi connectivity index (χ0n) is 17.6. The Morgan fingerprint density at radius 1 is 0.935 bits per heavy atom. The maximum absolute atomic E-state index is 13.4. The minimum Gasteiger partial charge on any atom is -0.494 e. The summed E-state index contributed by atoms with van der Waals surface area (Å²) in [6, 6.07) is 13.1. The van der Waals surface area contributed by atoms with E-state index in [0.29, 0.717) is 23.7 Å². The lowest BCUT2D eigenvalue weighted by Crippen LogP contribution is -2.39. The summed E-state index contributed by atoms with van der Waals surface area (Å²) in [5, 5.41) is 5.80. The van der Waals surface area contributed by atoms with E-state index in [1.54, 1.807) is 43.3 Å². The number of ether oxygens (including phenoxy) is 2. The van der Waals surface area contributed by atoms with E-state index in [1.807, 2.05) is 26.0 Å². The number of anilines is 2. The summed E-state index contributed by atoms with van der Waals surface area (Å²) in [6.45, 7) is 6.15. The number of carbonyl (C=O) groups excluding carboxylic acids is 3. The molecule has 0 unspecified atom stereocenters. The lowest BCUT2D eigenvalue weighted by atomic mass is 9.97. The number of aryl methyl sites for hydroxylation is 1. The summed E-state index contributed by atoms with van der Waals surface area (Å²) in [5.41, 5.74) is 2.02. The van der Waals surface area contributed by atoms with Crippen molar-refractivity contribution < 1.29 is 23.9 Å². The molecule has 1 saturated heterocycles. The van der Waals surface area contributed by atoms with Crippen LogP contribution in [0.3, 0.4) is 0 Å². The normalized spacial score (nSPS) is 20.0. The van der Waals surface area contributed by atoms with Crippen LogP contribution in [-0.2, 0) is 19.1 Å². The fraction of sp³-hybridized carbons (Fsp3) is 0.304. The quantitative estimate of drug-likeness (QED) is 0.526. The van der Waals surface area contributed by atoms with Crippen molar-refractivity contribution in [1.82, 2.24) is 0 Å². The van der Waals surface area contributed by atoms with Gasteiger partial charge in [-0.1, -0.05) is 17.7 Å². The van der Waals surface area contributed by atoms with Crippen LogP contribution >= 0.6 is 0 Å². The molecule has 2 aromatic rings. The number of nitrogens with zero attached hydrogens (tertiary/aromatic N) is 3. The number of fused-ring (bicyclic) bond motifs is 1. The number of rotatable bonds is 6. The van der Waals surface area contributed by atoms with Crippen molar-refractivity contribution >= 4 is 34.9 Å². The van der Waals surface area contributed by atoms with E-state index in [9.17, 15) is 14.4 Å². The third kappa shape index (κ3) is 3.54. The molecule has 0 aromatic heterocycles. The molecular formula is C23H23N3O5. The van der Waals surface area contributed by atoms with Gasteiger partial charge in [0.25, 0.3) is 5.91 Å². The first-order valence-electron chi connectivity index (χ1n) is 10.2. The van der Waals surface area contributed by atoms with Crippen molar-refractivity contribution in [2.45, 2.75) is 26.8 Å². The van der Waals surface area contributed by atoms with Crippen LogP contribution in [0, 0.1) is 12.8 Å². The van der Waals surface area contributed by atoms with Crippen molar-refractivity contribution in [3.05, 3.63) is 54.1 Å². The molecule has 2 atom stereocenters. The average Bonchev–Trinajstić information content (AvgIpc) is 3.27. The predicted octanol–water partition coefficient (Wildman–Crippen LogP) is 2.69. The molecule has 0 radical (unpaired) electrons. The molecule has 2 aromatic carbocycles. The fourth-order valence-corrected chi connectivity index (χ4v) is 3.81. The van der Waals surface area contributed by atoms with Crippen LogP contribution in [0.25, 0.3) is 0 Å². The standard InChI is InChI=1S/C23H23N3O5/c1-4-30-17-12-10-15(11-13-17)25-21(27)18-19(23(29)31-5-2)24-26(20(18)22(25)28)16-8-6-14(3)7-9-16/h6-13,18,20H,4-5H2,1-3H3/t18-,20-/m1/s1. The molecule has 0 aliphatic carbocycles. The zero-order valence-corrected chi connectivity index (χ0v) is 17.6. The Morgan fingerprint density at radius 3 is 2.19 bits per heavy atom. The Morgan fingerprint density at radius 2 is 1.58 bits per heavy atom. The van der Waals surface area contributed by atoms with Crippen LogP contribution in [0.4, 0.5) is 11.4 Å². The Balaban J connectivity index is 1.73. The van der Waals surface area contributed by atoms with Gasteiger partial charge in [-0.3, -0.25) is 14.6 Å². The van der Waals surface area contributed by atoms with Crippen molar-refractivity contribution in [3.8, 4) is 5.75 Å². The van der Waals surface area contributed by atoms with Crippen LogP contribution < -0.4 is 14.6 Å². The molecule has 2 heterocycles. The second kappa shape index (κ2) is 8.22. The van der Waals surface area contributed by atoms with Crippen molar-refractivity contribution in [2.24, 2.45) is 11.0 Å². The monoisotopic (exact) mass is 421 g/mol. The van der Waals surface area contributed by atoms with Crippen molar-refractivity contribution in [3.63, 3.8) is 0 Å². The van der Waals surface area contributed by atoms with Gasteiger partial charge in [-0.15, -0.1) is 0 Å². The van der Waals surface area contributed by atoms with Crippen LogP contribution in [-0.4, -0.2) is 42.8 Å². The molecule has 8 heteroatoms. The third-order valence-electron chi connectivity index (χ3n) is 5.24. The van der Waals surface area contributed by atoms with Gasteiger partial charge in [0.1, 0.15) is 17.7 Å². The smallest absolute Gasteiger partial charge is 0.355 e. The van der Waals surface area contributed by atoms with E-state index in [1.165, 1.54) is 5.01 Å². The van der Waals surface area contributed by atoms with Crippen LogP contribution in [0.1, 0.15) is 19.4 Å². The van der Waals surface area contributed by atoms with Gasteiger partial charge in [0.05, 0.1) is 24.6 Å². The number of hydrogen-bond acceptors (Lipinski definition) is 7. The van der Waals surface area contributed by atoms with Gasteiger partial charge in [-0.2, -0.15) is 5.10 Å². The Bertz CT molecular complexity index is 1050. The maximum Gasteiger partial charge on any atom is 0.355 e. The van der Waals surface area contributed by atoms with E-state index in [4.69, 9.17) is 9.47 Å². The lowest BCUT2D eigenvalue weighted by Gasteiger charge is -2.22. The van der Waals surface area contributed by atoms with E-state index in [2.05, 4.69) is 5.10 Å². The van der Waals surface area contributed by atoms with Crippen LogP contribution in [0.15, 0.2) is 53.6 Å². The summed E-state index contributed by atoms with van der Waals surface area (Å²) in [7, 11) is 0. The Hall–Kier alpha value is -3.68. The van der Waals surface area contributed by atoms with Crippen molar-refractivity contribution in [1.29, 1.82) is 0 Å². The first kappa shape index (κ1) is 20.6. The third-order valence-corrected chi connectivity index (χ3v) is 5.24. The molecule has 0 N–H and O–H groups in total. The van der Waals surface area contributed by atoms with E-state index >= 15 is 0 Å². The number of imide groups is 1. The number of amides is 2. The summed E-state index contributed by atoms with van der Waals surface area (Å²) in [4.78, 5) is 40.4. The van der Waals surface area contributed by atoms with E-state index in [0.717, 1.165) is 10.5 Å². The Labute approximate surface area is 180 Å². The van der Waals surface area contributed by atoms with Gasteiger partial charge >= 0.3 is 5.97 Å². The fourth-order valence-electron chi connectivity index (χ4n) is 3.81. The highest BCUT2D eigenvalue weighted by Gasteiger charge is 2.59. The number of hydrogen-bond donors (Lipinski definition) is 0. The molecule has 2 amide bonds. The minimum atomic E-state index is -1.03. The number of carbonyl (C=O) groups is 3. The molecule has 1 fully saturated rings. The molecule has 0 spiro atoms. The minimum absolute atomic E-state index is 0.0563. The molecule has 0 bridgehead atoms. The van der Waals surface area contributed by atoms with Gasteiger partial charge in [0.2, 0.25) is 5.91 Å². The molecule has 4 rings (SSSR count). The first-order valence-corrected chi connectivity index (χ1v) is 10.2. The zero-order chi connectivity index (χ0) is 22.1. The second-order valence-electron chi connectivity index (χ2n) is 7.25. The molecule has 160 valence electrons. The second-order valence-corrected chi connectivity index (χ2v) is 7.25. The molecule has 8 nitrogen and oxygen atoms in total. The molecular weight excluding hydrogens is 398 g/mol. The summed E-state index contributed by atoms with van der Waals surface area (Å²) < 4.78 is 10.5. The highest BCUT2D eigenvalue weighted by atomic mass is 16.5. The first-order chi connectivity index (χ1) is 15.0. The van der Waals surface area contributed by atoms with E-state index in [-0.39, 0.29) is 12.3 Å². The average molecular weight is 421 g/mol. The Kier molecular flexibility index (Phi) is 5.46. The number of benzene rings is 2. The van der Waals surface area contributed by atoms with Gasteiger partial charge in [0.15, 0.2) is 5.71 Å². The largest absolute Gasteiger partial charge is 0.494 e. The van der Waals surface area contributed by atoms with Gasteiger partial charge in [-0.25, -0.2) is 9.69 Å². The highest BCUT2D eigenvalue weighted by molar-refractivity contribution is 6.47. The topological polar surface area (TPSA) is 88.5 Å². The number of esters is 1. The van der Waals surface area contributed by atoms with Gasteiger partial charge < -0.3 is 9.47 Å². The summed E-state index contributed by atoms with van der Waals surface area (Å²) in [6.07, 6.45) is 0. The highest BCUT2D eigenvalue weighted by Crippen LogP contribution is 2.38. The van der Waals surface area contributed by atoms with Gasteiger partial charge in [-0.05, 0) is 57.2 Å². The number of hydrazone groups is 1.